The van der Waals surface area contributed by atoms with E-state index >= 15 is 0 Å². The standard InChI is InChI=1S/C18H14N2OS2/c21-17(14-5-2-1-3-6-14)20-18(22)19-15-10-8-13(9-11-15)16-7-4-12-23-16/h1-12H,(H2,19,20,21,22). The lowest BCUT2D eigenvalue weighted by Crippen LogP contribution is -2.34. The highest BCUT2D eigenvalue weighted by Gasteiger charge is 2.07. The zero-order chi connectivity index (χ0) is 16.1. The van der Waals surface area contributed by atoms with Crippen LogP contribution in [0.4, 0.5) is 5.69 Å². The molecule has 3 rings (SSSR count). The van der Waals surface area contributed by atoms with Gasteiger partial charge < -0.3 is 5.32 Å². The Hall–Kier alpha value is -2.50. The van der Waals surface area contributed by atoms with Gasteiger partial charge in [0.25, 0.3) is 5.91 Å². The summed E-state index contributed by atoms with van der Waals surface area (Å²) in [5.74, 6) is -0.224. The molecule has 0 aliphatic carbocycles. The summed E-state index contributed by atoms with van der Waals surface area (Å²) in [7, 11) is 0. The van der Waals surface area contributed by atoms with Crippen LogP contribution >= 0.6 is 23.6 Å². The normalized spacial score (nSPS) is 10.1. The van der Waals surface area contributed by atoms with Crippen LogP contribution in [0.1, 0.15) is 10.4 Å². The van der Waals surface area contributed by atoms with E-state index < -0.39 is 0 Å². The van der Waals surface area contributed by atoms with Crippen molar-refractivity contribution >= 4 is 40.3 Å². The Morgan fingerprint density at radius 2 is 1.65 bits per heavy atom. The maximum absolute atomic E-state index is 12.0. The Morgan fingerprint density at radius 1 is 0.913 bits per heavy atom. The molecule has 0 spiro atoms. The smallest absolute Gasteiger partial charge is 0.257 e. The minimum absolute atomic E-state index is 0.224. The zero-order valence-electron chi connectivity index (χ0n) is 12.2. The number of carbonyl (C=O) groups is 1. The number of anilines is 1. The third-order valence-electron chi connectivity index (χ3n) is 3.21. The summed E-state index contributed by atoms with van der Waals surface area (Å²) in [6.45, 7) is 0. The van der Waals surface area contributed by atoms with Crippen LogP contribution in [0, 0.1) is 0 Å². The molecule has 0 fully saturated rings. The number of thiocarbonyl (C=S) groups is 1. The number of carbonyl (C=O) groups excluding carboxylic acids is 1. The monoisotopic (exact) mass is 338 g/mol. The Kier molecular flexibility index (Phi) is 4.80. The molecule has 0 saturated heterocycles. The molecule has 0 bridgehead atoms. The lowest BCUT2D eigenvalue weighted by atomic mass is 10.2. The number of nitrogens with one attached hydrogen (secondary N) is 2. The molecule has 114 valence electrons. The second-order valence-electron chi connectivity index (χ2n) is 4.83. The minimum Gasteiger partial charge on any atom is -0.332 e. The van der Waals surface area contributed by atoms with Gasteiger partial charge in [0.05, 0.1) is 0 Å². The first-order chi connectivity index (χ1) is 11.2. The Labute approximate surface area is 144 Å². The number of hydrogen-bond acceptors (Lipinski definition) is 3. The maximum atomic E-state index is 12.0. The summed E-state index contributed by atoms with van der Waals surface area (Å²) in [5.41, 5.74) is 2.57. The molecular weight excluding hydrogens is 324 g/mol. The summed E-state index contributed by atoms with van der Waals surface area (Å²) in [6.07, 6.45) is 0. The fraction of sp³-hybridized carbons (Fsp3) is 0. The average molecular weight is 338 g/mol. The highest BCUT2D eigenvalue weighted by molar-refractivity contribution is 7.80. The van der Waals surface area contributed by atoms with Gasteiger partial charge in [-0.1, -0.05) is 36.4 Å². The van der Waals surface area contributed by atoms with Gasteiger partial charge in [-0.3, -0.25) is 10.1 Å². The molecule has 23 heavy (non-hydrogen) atoms. The van der Waals surface area contributed by atoms with Crippen LogP contribution in [0.25, 0.3) is 10.4 Å². The molecule has 3 nitrogen and oxygen atoms in total. The van der Waals surface area contributed by atoms with E-state index in [2.05, 4.69) is 22.1 Å². The summed E-state index contributed by atoms with van der Waals surface area (Å²) in [5, 5.41) is 8.02. The highest BCUT2D eigenvalue weighted by Crippen LogP contribution is 2.25. The van der Waals surface area contributed by atoms with Crippen LogP contribution in [-0.4, -0.2) is 11.0 Å². The van der Waals surface area contributed by atoms with Crippen molar-refractivity contribution in [3.05, 3.63) is 77.7 Å². The quantitative estimate of drug-likeness (QED) is 0.689. The number of amides is 1. The summed E-state index contributed by atoms with van der Waals surface area (Å²) in [6, 6.07) is 21.0. The van der Waals surface area contributed by atoms with Gasteiger partial charge in [0.15, 0.2) is 5.11 Å². The Bertz CT molecular complexity index is 797. The molecule has 2 aromatic carbocycles. The van der Waals surface area contributed by atoms with E-state index in [0.717, 1.165) is 11.3 Å². The molecule has 0 aliphatic rings. The molecule has 2 N–H and O–H groups in total. The fourth-order valence-corrected chi connectivity index (χ4v) is 3.03. The molecular formula is C18H14N2OS2. The van der Waals surface area contributed by atoms with Crippen molar-refractivity contribution in [1.29, 1.82) is 0 Å². The summed E-state index contributed by atoms with van der Waals surface area (Å²) >= 11 is 6.88. The largest absolute Gasteiger partial charge is 0.332 e. The fourth-order valence-electron chi connectivity index (χ4n) is 2.09. The number of hydrogen-bond donors (Lipinski definition) is 2. The van der Waals surface area contributed by atoms with Crippen molar-refractivity contribution in [1.82, 2.24) is 5.32 Å². The molecule has 1 heterocycles. The highest BCUT2D eigenvalue weighted by atomic mass is 32.1. The lowest BCUT2D eigenvalue weighted by Gasteiger charge is -2.10. The van der Waals surface area contributed by atoms with Crippen LogP contribution in [-0.2, 0) is 0 Å². The van der Waals surface area contributed by atoms with E-state index in [0.29, 0.717) is 5.56 Å². The van der Waals surface area contributed by atoms with Gasteiger partial charge in [-0.25, -0.2) is 0 Å². The van der Waals surface area contributed by atoms with E-state index in [1.165, 1.54) is 4.88 Å². The summed E-state index contributed by atoms with van der Waals surface area (Å²) in [4.78, 5) is 13.2. The van der Waals surface area contributed by atoms with Gasteiger partial charge in [0.2, 0.25) is 0 Å². The van der Waals surface area contributed by atoms with Crippen molar-refractivity contribution in [3.8, 4) is 10.4 Å². The van der Waals surface area contributed by atoms with Gasteiger partial charge >= 0.3 is 0 Å². The molecule has 0 radical (unpaired) electrons. The van der Waals surface area contributed by atoms with E-state index in [4.69, 9.17) is 12.2 Å². The lowest BCUT2D eigenvalue weighted by molar-refractivity contribution is 0.0978. The second-order valence-corrected chi connectivity index (χ2v) is 6.18. The topological polar surface area (TPSA) is 41.1 Å². The summed E-state index contributed by atoms with van der Waals surface area (Å²) < 4.78 is 0. The maximum Gasteiger partial charge on any atom is 0.257 e. The van der Waals surface area contributed by atoms with Crippen LogP contribution in [0.2, 0.25) is 0 Å². The van der Waals surface area contributed by atoms with Crippen LogP contribution in [0.3, 0.4) is 0 Å². The van der Waals surface area contributed by atoms with Gasteiger partial charge in [-0.15, -0.1) is 11.3 Å². The predicted octanol–water partition coefficient (Wildman–Crippen LogP) is 4.54. The third-order valence-corrected chi connectivity index (χ3v) is 4.33. The molecule has 1 aromatic heterocycles. The van der Waals surface area contributed by atoms with Gasteiger partial charge in [-0.2, -0.15) is 0 Å². The molecule has 0 aliphatic heterocycles. The van der Waals surface area contributed by atoms with Crippen molar-refractivity contribution in [2.45, 2.75) is 0 Å². The van der Waals surface area contributed by atoms with Gasteiger partial charge in [0.1, 0.15) is 0 Å². The number of thiophene rings is 1. The predicted molar refractivity (Wildman–Crippen MR) is 99.9 cm³/mol. The van der Waals surface area contributed by atoms with Crippen molar-refractivity contribution in [2.75, 3.05) is 5.32 Å². The van der Waals surface area contributed by atoms with Crippen LogP contribution < -0.4 is 10.6 Å². The molecule has 3 aromatic rings. The molecule has 1 amide bonds. The second kappa shape index (κ2) is 7.17. The van der Waals surface area contributed by atoms with E-state index in [9.17, 15) is 4.79 Å². The molecule has 0 atom stereocenters. The van der Waals surface area contributed by atoms with E-state index in [1.807, 2.05) is 48.5 Å². The average Bonchev–Trinajstić information content (AvgIpc) is 3.11. The van der Waals surface area contributed by atoms with E-state index in [1.54, 1.807) is 23.5 Å². The zero-order valence-corrected chi connectivity index (χ0v) is 13.8. The van der Waals surface area contributed by atoms with E-state index in [-0.39, 0.29) is 11.0 Å². The Morgan fingerprint density at radius 3 is 2.30 bits per heavy atom. The van der Waals surface area contributed by atoms with Crippen molar-refractivity contribution in [2.24, 2.45) is 0 Å². The third kappa shape index (κ3) is 4.03. The van der Waals surface area contributed by atoms with Crippen LogP contribution in [0.5, 0.6) is 0 Å². The SMILES string of the molecule is O=C(NC(=S)Nc1ccc(-c2cccs2)cc1)c1ccccc1. The first-order valence-corrected chi connectivity index (χ1v) is 8.32. The van der Waals surface area contributed by atoms with Gasteiger partial charge in [0, 0.05) is 16.1 Å². The van der Waals surface area contributed by atoms with Crippen molar-refractivity contribution in [3.63, 3.8) is 0 Å². The number of rotatable bonds is 3. The Balaban J connectivity index is 1.61. The number of benzene rings is 2. The molecule has 0 unspecified atom stereocenters. The van der Waals surface area contributed by atoms with Crippen molar-refractivity contribution < 1.29 is 4.79 Å². The molecule has 5 heteroatoms. The van der Waals surface area contributed by atoms with Gasteiger partial charge in [-0.05, 0) is 53.5 Å². The first-order valence-electron chi connectivity index (χ1n) is 7.04. The minimum atomic E-state index is -0.224. The first kappa shape index (κ1) is 15.4. The molecule has 0 saturated carbocycles. The van der Waals surface area contributed by atoms with Crippen LogP contribution in [0.15, 0.2) is 72.1 Å².